The van der Waals surface area contributed by atoms with Gasteiger partial charge in [-0.25, -0.2) is 4.79 Å². The second kappa shape index (κ2) is 5.11. The number of likely N-dealkylation sites (tertiary alicyclic amines) is 1. The van der Waals surface area contributed by atoms with Gasteiger partial charge in [0.2, 0.25) is 0 Å². The normalized spacial score (nSPS) is 19.1. The van der Waals surface area contributed by atoms with E-state index in [1.807, 2.05) is 36.1 Å². The molecule has 5 heteroatoms. The number of rotatable bonds is 2. The molecule has 1 N–H and O–H groups in total. The van der Waals surface area contributed by atoms with E-state index in [0.717, 1.165) is 24.5 Å². The van der Waals surface area contributed by atoms with Crippen molar-refractivity contribution >= 4 is 5.91 Å². The smallest absolute Gasteiger partial charge is 0.330 e. The Morgan fingerprint density at radius 1 is 1.13 bits per heavy atom. The highest BCUT2D eigenvalue weighted by Gasteiger charge is 2.46. The number of nitrogens with zero attached hydrogens (tertiary/aromatic N) is 2. The van der Waals surface area contributed by atoms with Crippen LogP contribution in [0.1, 0.15) is 41.7 Å². The van der Waals surface area contributed by atoms with E-state index in [4.69, 9.17) is 0 Å². The number of imidazole rings is 1. The maximum absolute atomic E-state index is 12.5. The summed E-state index contributed by atoms with van der Waals surface area (Å²) in [6.07, 6.45) is 6.84. The molecule has 1 saturated heterocycles. The first-order valence-corrected chi connectivity index (χ1v) is 8.25. The summed E-state index contributed by atoms with van der Waals surface area (Å²) in [7, 11) is 0. The lowest BCUT2D eigenvalue weighted by atomic mass is 9.78. The van der Waals surface area contributed by atoms with Gasteiger partial charge in [-0.1, -0.05) is 12.8 Å². The summed E-state index contributed by atoms with van der Waals surface area (Å²) in [5, 5.41) is 0. The molecule has 4 rings (SSSR count). The second-order valence-electron chi connectivity index (χ2n) is 6.99. The molecular weight excluding hydrogens is 290 g/mol. The topological polar surface area (TPSA) is 58.1 Å². The molecule has 5 nitrogen and oxygen atoms in total. The van der Waals surface area contributed by atoms with Crippen molar-refractivity contribution in [2.24, 2.45) is 5.41 Å². The highest BCUT2D eigenvalue weighted by atomic mass is 16.2. The Bertz CT molecular complexity index is 786. The van der Waals surface area contributed by atoms with E-state index in [1.54, 1.807) is 10.8 Å². The molecule has 1 amide bonds. The maximum atomic E-state index is 12.5. The Hall–Kier alpha value is -2.30. The van der Waals surface area contributed by atoms with E-state index in [2.05, 4.69) is 4.98 Å². The molecule has 1 aliphatic carbocycles. The van der Waals surface area contributed by atoms with Crippen molar-refractivity contribution in [3.05, 3.63) is 52.2 Å². The largest absolute Gasteiger partial charge is 0.337 e. The zero-order chi connectivity index (χ0) is 16.0. The minimum atomic E-state index is -0.160. The van der Waals surface area contributed by atoms with Crippen LogP contribution in [0.25, 0.3) is 5.69 Å². The molecule has 0 bridgehead atoms. The first-order chi connectivity index (χ1) is 11.1. The molecule has 1 aromatic carbocycles. The summed E-state index contributed by atoms with van der Waals surface area (Å²) in [6.45, 7) is 3.69. The molecule has 2 fully saturated rings. The average Bonchev–Trinajstić information content (AvgIpc) is 3.13. The van der Waals surface area contributed by atoms with Gasteiger partial charge in [0.15, 0.2) is 0 Å². The maximum Gasteiger partial charge on any atom is 0.330 e. The number of nitrogens with one attached hydrogen (secondary N) is 1. The minimum Gasteiger partial charge on any atom is -0.337 e. The highest BCUT2D eigenvalue weighted by molar-refractivity contribution is 5.95. The standard InChI is InChI=1S/C18H21N3O2/c1-13-10-19-17(23)21(13)15-6-4-14(5-7-15)16(22)20-11-18(12-20)8-2-3-9-18/h4-7,10H,2-3,8-9,11-12H2,1H3,(H,19,23). The van der Waals surface area contributed by atoms with Crippen LogP contribution in [-0.2, 0) is 0 Å². The van der Waals surface area contributed by atoms with Crippen LogP contribution in [0.5, 0.6) is 0 Å². The molecule has 120 valence electrons. The molecule has 0 unspecified atom stereocenters. The monoisotopic (exact) mass is 311 g/mol. The molecule has 2 aliphatic rings. The van der Waals surface area contributed by atoms with Crippen molar-refractivity contribution in [1.29, 1.82) is 0 Å². The fraction of sp³-hybridized carbons (Fsp3) is 0.444. The summed E-state index contributed by atoms with van der Waals surface area (Å²) in [5.74, 6) is 0.104. The van der Waals surface area contributed by atoms with Gasteiger partial charge in [0.25, 0.3) is 5.91 Å². The zero-order valence-electron chi connectivity index (χ0n) is 13.3. The summed E-state index contributed by atoms with van der Waals surface area (Å²) in [4.78, 5) is 29.0. The van der Waals surface area contributed by atoms with Crippen molar-refractivity contribution in [3.63, 3.8) is 0 Å². The third kappa shape index (κ3) is 2.31. The summed E-state index contributed by atoms with van der Waals surface area (Å²) in [6, 6.07) is 7.30. The number of carbonyl (C=O) groups excluding carboxylic acids is 1. The fourth-order valence-electron chi connectivity index (χ4n) is 4.06. The van der Waals surface area contributed by atoms with E-state index in [1.165, 1.54) is 25.7 Å². The van der Waals surface area contributed by atoms with E-state index >= 15 is 0 Å². The summed E-state index contributed by atoms with van der Waals surface area (Å²) >= 11 is 0. The lowest BCUT2D eigenvalue weighted by Crippen LogP contribution is -2.57. The van der Waals surface area contributed by atoms with E-state index in [-0.39, 0.29) is 11.6 Å². The Morgan fingerprint density at radius 2 is 1.78 bits per heavy atom. The average molecular weight is 311 g/mol. The van der Waals surface area contributed by atoms with Gasteiger partial charge in [0.05, 0.1) is 5.69 Å². The third-order valence-electron chi connectivity index (χ3n) is 5.34. The van der Waals surface area contributed by atoms with E-state index in [9.17, 15) is 9.59 Å². The number of H-pyrrole nitrogens is 1. The Kier molecular flexibility index (Phi) is 3.18. The molecule has 1 spiro atoms. The molecule has 0 radical (unpaired) electrons. The van der Waals surface area contributed by atoms with Gasteiger partial charge in [0, 0.05) is 36.0 Å². The van der Waals surface area contributed by atoms with Crippen molar-refractivity contribution in [2.45, 2.75) is 32.6 Å². The van der Waals surface area contributed by atoms with Crippen molar-refractivity contribution in [2.75, 3.05) is 13.1 Å². The SMILES string of the molecule is Cc1c[nH]c(=O)n1-c1ccc(C(=O)N2CC3(CCCC3)C2)cc1. The number of aryl methyl sites for hydroxylation is 1. The highest BCUT2D eigenvalue weighted by Crippen LogP contribution is 2.45. The lowest BCUT2D eigenvalue weighted by molar-refractivity contribution is 0.00933. The molecule has 0 atom stereocenters. The van der Waals surface area contributed by atoms with Gasteiger partial charge in [-0.2, -0.15) is 0 Å². The molecule has 23 heavy (non-hydrogen) atoms. The van der Waals surface area contributed by atoms with Crippen molar-refractivity contribution in [3.8, 4) is 5.69 Å². The second-order valence-corrected chi connectivity index (χ2v) is 6.99. The Labute approximate surface area is 134 Å². The third-order valence-corrected chi connectivity index (χ3v) is 5.34. The van der Waals surface area contributed by atoms with Crippen LogP contribution < -0.4 is 5.69 Å². The summed E-state index contributed by atoms with van der Waals surface area (Å²) < 4.78 is 1.60. The van der Waals surface area contributed by atoms with Gasteiger partial charge in [-0.3, -0.25) is 9.36 Å². The zero-order valence-corrected chi connectivity index (χ0v) is 13.3. The van der Waals surface area contributed by atoms with E-state index in [0.29, 0.717) is 11.0 Å². The van der Waals surface area contributed by atoms with Crippen LogP contribution in [-0.4, -0.2) is 33.4 Å². The van der Waals surface area contributed by atoms with Gasteiger partial charge in [-0.05, 0) is 44.0 Å². The van der Waals surface area contributed by atoms with Crippen LogP contribution in [0.2, 0.25) is 0 Å². The number of carbonyl (C=O) groups is 1. The van der Waals surface area contributed by atoms with E-state index < -0.39 is 0 Å². The van der Waals surface area contributed by atoms with Gasteiger partial charge in [-0.15, -0.1) is 0 Å². The van der Waals surface area contributed by atoms with Crippen molar-refractivity contribution in [1.82, 2.24) is 14.5 Å². The minimum absolute atomic E-state index is 0.104. The fourth-order valence-corrected chi connectivity index (χ4v) is 4.06. The predicted octanol–water partition coefficient (Wildman–Crippen LogP) is 2.49. The number of aromatic amines is 1. The number of hydrogen-bond acceptors (Lipinski definition) is 2. The first kappa shape index (κ1) is 14.3. The number of hydrogen-bond donors (Lipinski definition) is 1. The predicted molar refractivity (Wildman–Crippen MR) is 87.9 cm³/mol. The Balaban J connectivity index is 1.50. The number of amides is 1. The van der Waals surface area contributed by atoms with Gasteiger partial charge >= 0.3 is 5.69 Å². The molecule has 2 aromatic rings. The Morgan fingerprint density at radius 3 is 2.35 bits per heavy atom. The lowest BCUT2D eigenvalue weighted by Gasteiger charge is -2.48. The number of aromatic nitrogens is 2. The van der Waals surface area contributed by atoms with Crippen LogP contribution in [0.15, 0.2) is 35.3 Å². The van der Waals surface area contributed by atoms with Crippen LogP contribution in [0.4, 0.5) is 0 Å². The van der Waals surface area contributed by atoms with Crippen LogP contribution in [0.3, 0.4) is 0 Å². The van der Waals surface area contributed by atoms with Gasteiger partial charge in [0.1, 0.15) is 0 Å². The van der Waals surface area contributed by atoms with Crippen LogP contribution >= 0.6 is 0 Å². The summed E-state index contributed by atoms with van der Waals surface area (Å²) in [5.41, 5.74) is 2.59. The molecule has 1 saturated carbocycles. The quantitative estimate of drug-likeness (QED) is 0.926. The van der Waals surface area contributed by atoms with Crippen molar-refractivity contribution < 1.29 is 4.79 Å². The van der Waals surface area contributed by atoms with Crippen LogP contribution in [0, 0.1) is 12.3 Å². The molecule has 1 aromatic heterocycles. The number of benzene rings is 1. The first-order valence-electron chi connectivity index (χ1n) is 8.25. The molecule has 1 aliphatic heterocycles. The molecule has 2 heterocycles. The molecular formula is C18H21N3O2. The van der Waals surface area contributed by atoms with Gasteiger partial charge < -0.3 is 9.88 Å².